The Bertz CT molecular complexity index is 25.4. The molecule has 0 aromatic rings. The van der Waals surface area contributed by atoms with Crippen molar-refractivity contribution in [3.63, 3.8) is 0 Å². The summed E-state index contributed by atoms with van der Waals surface area (Å²) in [6, 6.07) is 0. The average molecular weight is 567 g/mol. The smallest absolute Gasteiger partial charge is 2.00 e. The van der Waals surface area contributed by atoms with E-state index < -0.39 is 0 Å². The first-order chi connectivity index (χ1) is 0. The molecular formula is Mn2Nb2O11Ti2. The fraction of sp³-hybridized carbons (Fsp3) is 0. The molecule has 17 heavy (non-hydrogen) atoms. The fourth-order valence-corrected chi connectivity index (χ4v) is 0. The minimum absolute atomic E-state index is 0. The van der Waals surface area contributed by atoms with Crippen molar-refractivity contribution in [2.75, 3.05) is 0 Å². The summed E-state index contributed by atoms with van der Waals surface area (Å²) in [6.45, 7) is 0. The summed E-state index contributed by atoms with van der Waals surface area (Å²) >= 11 is 0. The molecule has 0 rings (SSSR count). The van der Waals surface area contributed by atoms with E-state index in [1.54, 1.807) is 0 Å². The van der Waals surface area contributed by atoms with Crippen molar-refractivity contribution >= 4 is 0 Å². The van der Waals surface area contributed by atoms with Gasteiger partial charge in [-0.3, -0.25) is 0 Å². The minimum Gasteiger partial charge on any atom is -2.00 e. The molecule has 2 radical (unpaired) electrons. The van der Waals surface area contributed by atoms with Crippen molar-refractivity contribution in [1.82, 2.24) is 0 Å². The van der Waals surface area contributed by atoms with Gasteiger partial charge in [0.15, 0.2) is 0 Å². The summed E-state index contributed by atoms with van der Waals surface area (Å²) in [5.41, 5.74) is 0. The Morgan fingerprint density at radius 1 is 0.235 bits per heavy atom. The van der Waals surface area contributed by atoms with Crippen molar-refractivity contribution in [3.8, 4) is 0 Å². The Balaban J connectivity index is 0. The maximum atomic E-state index is 0. The zero-order chi connectivity index (χ0) is 0. The second kappa shape index (κ2) is 543. The van der Waals surface area contributed by atoms with Crippen LogP contribution < -0.4 is 0 Å². The molecule has 11 nitrogen and oxygen atoms in total. The summed E-state index contributed by atoms with van der Waals surface area (Å²) in [5.74, 6) is 0. The van der Waals surface area contributed by atoms with Crippen molar-refractivity contribution in [2.24, 2.45) is 0 Å². The Kier molecular flexibility index (Phi) is 20300. The third-order valence-corrected chi connectivity index (χ3v) is 0. The van der Waals surface area contributed by atoms with Crippen LogP contribution in [0.5, 0.6) is 0 Å². The molecule has 0 aliphatic carbocycles. The van der Waals surface area contributed by atoms with Crippen molar-refractivity contribution in [3.05, 3.63) is 0 Å². The molecule has 0 unspecified atom stereocenters. The summed E-state index contributed by atoms with van der Waals surface area (Å²) in [6.07, 6.45) is 0. The summed E-state index contributed by atoms with van der Waals surface area (Å²) in [5, 5.41) is 0. The van der Waals surface area contributed by atoms with Gasteiger partial charge in [-0.05, 0) is 0 Å². The van der Waals surface area contributed by atoms with Gasteiger partial charge < -0.3 is 60.2 Å². The molecule has 0 saturated carbocycles. The zero-order valence-corrected chi connectivity index (χ0v) is 17.0. The molecule has 98 valence electrons. The molecule has 0 aliphatic rings. The number of hydrogen-bond donors (Lipinski definition) is 0. The van der Waals surface area contributed by atoms with E-state index in [0.717, 1.165) is 0 Å². The van der Waals surface area contributed by atoms with Crippen LogP contribution in [0, 0.1) is 0 Å². The van der Waals surface area contributed by atoms with Gasteiger partial charge in [0, 0.05) is 0 Å². The van der Waals surface area contributed by atoms with Crippen LogP contribution in [0.3, 0.4) is 0 Å². The van der Waals surface area contributed by atoms with Gasteiger partial charge in [-0.25, -0.2) is 0 Å². The Hall–Kier alpha value is 3.51. The van der Waals surface area contributed by atoms with Crippen LogP contribution in [0.15, 0.2) is 0 Å². The van der Waals surface area contributed by atoms with Crippen LogP contribution in [0.2, 0.25) is 0 Å². The average Bonchev–Trinajstić information content (AvgIpc) is 0. The maximum absolute atomic E-state index is 0. The predicted molar refractivity (Wildman–Crippen MR) is 7.55 cm³/mol. The molecule has 0 aliphatic heterocycles. The normalized spacial score (nSPS) is 0. The summed E-state index contributed by atoms with van der Waals surface area (Å²) in [4.78, 5) is 0. The van der Waals surface area contributed by atoms with Crippen molar-refractivity contribution < 1.29 is 183 Å². The van der Waals surface area contributed by atoms with Crippen LogP contribution >= 0.6 is 0 Å². The molecule has 0 fully saturated rings. The van der Waals surface area contributed by atoms with E-state index in [1.165, 1.54) is 0 Å². The molecule has 0 saturated heterocycles. The summed E-state index contributed by atoms with van der Waals surface area (Å²) < 4.78 is 0. The molecular weight excluding hydrogens is 567 g/mol. The van der Waals surface area contributed by atoms with E-state index in [-0.39, 0.29) is 183 Å². The standard InChI is InChI=1S/2Mn.2Nb.11O.2Ti/q2*+2;2*+5;11*-2;2*+4. The van der Waals surface area contributed by atoms with Crippen molar-refractivity contribution in [1.29, 1.82) is 0 Å². The Morgan fingerprint density at radius 2 is 0.235 bits per heavy atom. The molecule has 0 amide bonds. The molecule has 17 heteroatoms. The van der Waals surface area contributed by atoms with Crippen LogP contribution in [0.1, 0.15) is 0 Å². The van der Waals surface area contributed by atoms with Crippen LogP contribution in [-0.4, -0.2) is 0 Å². The van der Waals surface area contributed by atoms with Crippen LogP contribution in [0.25, 0.3) is 0 Å². The Morgan fingerprint density at radius 3 is 0.235 bits per heavy atom. The minimum atomic E-state index is 0. The first kappa shape index (κ1) is 634. The second-order valence-electron chi connectivity index (χ2n) is 0. The molecule has 0 bridgehead atoms. The van der Waals surface area contributed by atoms with E-state index >= 15 is 0 Å². The predicted octanol–water partition coefficient (Wildman–Crippen LogP) is -1.32. The molecule has 0 atom stereocenters. The van der Waals surface area contributed by atoms with Crippen molar-refractivity contribution in [2.45, 2.75) is 0 Å². The molecule has 0 aromatic heterocycles. The van der Waals surface area contributed by atoms with Gasteiger partial charge >= 0.3 is 122 Å². The molecule has 0 heterocycles. The van der Waals surface area contributed by atoms with E-state index in [0.29, 0.717) is 0 Å². The monoisotopic (exact) mass is 568 g/mol. The van der Waals surface area contributed by atoms with Gasteiger partial charge in [0.05, 0.1) is 0 Å². The second-order valence-corrected chi connectivity index (χ2v) is 0. The largest absolute Gasteiger partial charge is 5.00 e. The van der Waals surface area contributed by atoms with E-state index in [1.807, 2.05) is 0 Å². The first-order valence-corrected chi connectivity index (χ1v) is 0. The van der Waals surface area contributed by atoms with E-state index in [2.05, 4.69) is 0 Å². The van der Waals surface area contributed by atoms with Crippen LogP contribution in [-0.2, 0) is 183 Å². The topological polar surface area (TPSA) is 314 Å². The maximum Gasteiger partial charge on any atom is 5.00 e. The van der Waals surface area contributed by atoms with Gasteiger partial charge in [0.1, 0.15) is 0 Å². The fourth-order valence-electron chi connectivity index (χ4n) is 0. The SMILES string of the molecule is [Mn+2].[Mn+2].[Nb+5].[Nb+5].[O-2].[O-2].[O-2].[O-2].[O-2].[O-2].[O-2].[O-2].[O-2].[O-2].[O-2].[Ti+4].[Ti+4]. The Labute approximate surface area is 180 Å². The number of rotatable bonds is 0. The quantitative estimate of drug-likeness (QED) is 0.307. The molecule has 0 aromatic carbocycles. The van der Waals surface area contributed by atoms with Gasteiger partial charge in [-0.15, -0.1) is 0 Å². The first-order valence-electron chi connectivity index (χ1n) is 0. The van der Waals surface area contributed by atoms with Gasteiger partial charge in [-0.1, -0.05) is 0 Å². The van der Waals surface area contributed by atoms with E-state index in [9.17, 15) is 0 Å². The van der Waals surface area contributed by atoms with Gasteiger partial charge in [0.25, 0.3) is 0 Å². The third-order valence-electron chi connectivity index (χ3n) is 0. The van der Waals surface area contributed by atoms with E-state index in [4.69, 9.17) is 0 Å². The summed E-state index contributed by atoms with van der Waals surface area (Å²) in [7, 11) is 0. The molecule has 0 spiro atoms. The molecule has 0 N–H and O–H groups in total. The third kappa shape index (κ3) is 486. The van der Waals surface area contributed by atoms with Gasteiger partial charge in [0.2, 0.25) is 0 Å². The van der Waals surface area contributed by atoms with Gasteiger partial charge in [-0.2, -0.15) is 0 Å². The zero-order valence-electron chi connectivity index (χ0n) is 7.14. The van der Waals surface area contributed by atoms with Crippen LogP contribution in [0.4, 0.5) is 0 Å². The number of hydrogen-bond acceptors (Lipinski definition) is 0.